The first-order chi connectivity index (χ1) is 7.41. The molecule has 0 radical (unpaired) electrons. The van der Waals surface area contributed by atoms with Crippen LogP contribution >= 0.6 is 23.2 Å². The number of hydrogen-bond acceptors (Lipinski definition) is 3. The molecule has 0 spiro atoms. The van der Waals surface area contributed by atoms with Crippen LogP contribution in [0, 0.1) is 5.92 Å². The number of halogens is 2. The fraction of sp³-hybridized carbons (Fsp3) is 0.364. The smallest absolute Gasteiger partial charge is 0.338 e. The summed E-state index contributed by atoms with van der Waals surface area (Å²) in [5.41, 5.74) is 6.13. The van der Waals surface area contributed by atoms with Crippen LogP contribution in [0.4, 0.5) is 5.69 Å². The number of anilines is 1. The van der Waals surface area contributed by atoms with Crippen LogP contribution in [0.5, 0.6) is 0 Å². The summed E-state index contributed by atoms with van der Waals surface area (Å²) in [7, 11) is 0. The number of benzene rings is 1. The van der Waals surface area contributed by atoms with E-state index in [0.29, 0.717) is 12.2 Å². The topological polar surface area (TPSA) is 52.3 Å². The maximum absolute atomic E-state index is 11.6. The van der Waals surface area contributed by atoms with E-state index in [-0.39, 0.29) is 21.7 Å². The molecule has 88 valence electrons. The molecule has 0 heterocycles. The van der Waals surface area contributed by atoms with Crippen molar-refractivity contribution < 1.29 is 9.53 Å². The SMILES string of the molecule is CC(C)COC(=O)c1cc(Cl)c(N)c(Cl)c1. The molecule has 0 aromatic heterocycles. The number of esters is 1. The van der Waals surface area contributed by atoms with Crippen molar-refractivity contribution in [3.8, 4) is 0 Å². The molecule has 0 atom stereocenters. The van der Waals surface area contributed by atoms with Gasteiger partial charge in [0.25, 0.3) is 0 Å². The van der Waals surface area contributed by atoms with Crippen molar-refractivity contribution in [1.29, 1.82) is 0 Å². The van der Waals surface area contributed by atoms with Crippen molar-refractivity contribution >= 4 is 34.9 Å². The largest absolute Gasteiger partial charge is 0.462 e. The average Bonchev–Trinajstić information content (AvgIpc) is 2.21. The molecule has 0 unspecified atom stereocenters. The van der Waals surface area contributed by atoms with E-state index in [9.17, 15) is 4.79 Å². The zero-order chi connectivity index (χ0) is 12.3. The van der Waals surface area contributed by atoms with Gasteiger partial charge < -0.3 is 10.5 Å². The minimum absolute atomic E-state index is 0.254. The maximum Gasteiger partial charge on any atom is 0.338 e. The number of carbonyl (C=O) groups excluding carboxylic acids is 1. The zero-order valence-electron chi connectivity index (χ0n) is 9.09. The van der Waals surface area contributed by atoms with Crippen molar-refractivity contribution in [3.63, 3.8) is 0 Å². The van der Waals surface area contributed by atoms with Crippen molar-refractivity contribution in [2.75, 3.05) is 12.3 Å². The van der Waals surface area contributed by atoms with Gasteiger partial charge in [0.05, 0.1) is 27.9 Å². The highest BCUT2D eigenvalue weighted by molar-refractivity contribution is 6.39. The van der Waals surface area contributed by atoms with Gasteiger partial charge in [-0.25, -0.2) is 4.79 Å². The van der Waals surface area contributed by atoms with Gasteiger partial charge in [-0.15, -0.1) is 0 Å². The van der Waals surface area contributed by atoms with Crippen LogP contribution in [0.25, 0.3) is 0 Å². The Morgan fingerprint density at radius 1 is 1.38 bits per heavy atom. The molecule has 0 fully saturated rings. The van der Waals surface area contributed by atoms with E-state index in [4.69, 9.17) is 33.7 Å². The molecule has 0 bridgehead atoms. The maximum atomic E-state index is 11.6. The summed E-state index contributed by atoms with van der Waals surface area (Å²) >= 11 is 11.6. The lowest BCUT2D eigenvalue weighted by Crippen LogP contribution is -2.10. The Morgan fingerprint density at radius 2 is 1.88 bits per heavy atom. The van der Waals surface area contributed by atoms with Gasteiger partial charge in [0.1, 0.15) is 0 Å². The van der Waals surface area contributed by atoms with Crippen LogP contribution in [0.3, 0.4) is 0 Å². The summed E-state index contributed by atoms with van der Waals surface area (Å²) < 4.78 is 5.04. The summed E-state index contributed by atoms with van der Waals surface area (Å²) in [4.78, 5) is 11.6. The number of ether oxygens (including phenoxy) is 1. The Labute approximate surface area is 104 Å². The van der Waals surface area contributed by atoms with Crippen molar-refractivity contribution in [2.24, 2.45) is 5.92 Å². The predicted octanol–water partition coefficient (Wildman–Crippen LogP) is 3.39. The Morgan fingerprint density at radius 3 is 2.31 bits per heavy atom. The van der Waals surface area contributed by atoms with Gasteiger partial charge in [-0.05, 0) is 18.1 Å². The monoisotopic (exact) mass is 261 g/mol. The third-order valence-corrected chi connectivity index (χ3v) is 2.49. The van der Waals surface area contributed by atoms with Crippen molar-refractivity contribution in [2.45, 2.75) is 13.8 Å². The number of hydrogen-bond donors (Lipinski definition) is 1. The normalized spacial score (nSPS) is 10.6. The van der Waals surface area contributed by atoms with Gasteiger partial charge >= 0.3 is 5.97 Å². The highest BCUT2D eigenvalue weighted by Gasteiger charge is 2.12. The minimum Gasteiger partial charge on any atom is -0.462 e. The lowest BCUT2D eigenvalue weighted by Gasteiger charge is -2.08. The van der Waals surface area contributed by atoms with E-state index in [2.05, 4.69) is 0 Å². The zero-order valence-corrected chi connectivity index (χ0v) is 10.6. The molecule has 0 aliphatic carbocycles. The second kappa shape index (κ2) is 5.41. The fourth-order valence-corrected chi connectivity index (χ4v) is 1.51. The van der Waals surface area contributed by atoms with Crippen molar-refractivity contribution in [3.05, 3.63) is 27.7 Å². The molecule has 0 saturated carbocycles. The van der Waals surface area contributed by atoms with Crippen LogP contribution in [0.1, 0.15) is 24.2 Å². The van der Waals surface area contributed by atoms with E-state index in [0.717, 1.165) is 0 Å². The quantitative estimate of drug-likeness (QED) is 0.671. The van der Waals surface area contributed by atoms with Gasteiger partial charge in [0, 0.05) is 0 Å². The summed E-state index contributed by atoms with van der Waals surface area (Å²) in [5.74, 6) is -0.166. The van der Waals surface area contributed by atoms with Gasteiger partial charge in [0.2, 0.25) is 0 Å². The minimum atomic E-state index is -0.447. The second-order valence-electron chi connectivity index (χ2n) is 3.85. The molecular weight excluding hydrogens is 249 g/mol. The fourth-order valence-electron chi connectivity index (χ4n) is 1.03. The van der Waals surface area contributed by atoms with Gasteiger partial charge in [-0.1, -0.05) is 37.0 Å². The molecule has 16 heavy (non-hydrogen) atoms. The Bertz CT molecular complexity index is 382. The van der Waals surface area contributed by atoms with E-state index < -0.39 is 5.97 Å². The molecule has 5 heteroatoms. The molecular formula is C11H13Cl2NO2. The molecule has 0 amide bonds. The number of rotatable bonds is 3. The standard InChI is InChI=1S/C11H13Cl2NO2/c1-6(2)5-16-11(15)7-3-8(12)10(14)9(13)4-7/h3-4,6H,5,14H2,1-2H3. The molecule has 2 N–H and O–H groups in total. The molecule has 1 rings (SSSR count). The predicted molar refractivity (Wildman–Crippen MR) is 66.0 cm³/mol. The molecule has 3 nitrogen and oxygen atoms in total. The van der Waals surface area contributed by atoms with Crippen LogP contribution in [-0.2, 0) is 4.74 Å². The lowest BCUT2D eigenvalue weighted by molar-refractivity contribution is 0.0459. The van der Waals surface area contributed by atoms with Crippen LogP contribution in [0.15, 0.2) is 12.1 Å². The van der Waals surface area contributed by atoms with E-state index in [1.165, 1.54) is 12.1 Å². The first kappa shape index (κ1) is 13.1. The average molecular weight is 262 g/mol. The highest BCUT2D eigenvalue weighted by Crippen LogP contribution is 2.29. The first-order valence-electron chi connectivity index (χ1n) is 4.83. The highest BCUT2D eigenvalue weighted by atomic mass is 35.5. The molecule has 0 aliphatic heterocycles. The van der Waals surface area contributed by atoms with Gasteiger partial charge in [-0.2, -0.15) is 0 Å². The molecule has 1 aromatic rings. The summed E-state index contributed by atoms with van der Waals surface area (Å²) in [5, 5.41) is 0.507. The second-order valence-corrected chi connectivity index (χ2v) is 4.66. The third kappa shape index (κ3) is 3.29. The number of nitrogen functional groups attached to an aromatic ring is 1. The summed E-state index contributed by atoms with van der Waals surface area (Å²) in [6.45, 7) is 4.27. The molecule has 0 aliphatic rings. The van der Waals surface area contributed by atoms with Gasteiger partial charge in [0.15, 0.2) is 0 Å². The Hall–Kier alpha value is -0.930. The van der Waals surface area contributed by atoms with Crippen LogP contribution in [0.2, 0.25) is 10.0 Å². The number of nitrogens with two attached hydrogens (primary N) is 1. The lowest BCUT2D eigenvalue weighted by atomic mass is 10.2. The summed E-state index contributed by atoms with van der Waals surface area (Å²) in [6.07, 6.45) is 0. The van der Waals surface area contributed by atoms with E-state index >= 15 is 0 Å². The first-order valence-corrected chi connectivity index (χ1v) is 5.59. The molecule has 1 aromatic carbocycles. The third-order valence-electron chi connectivity index (χ3n) is 1.86. The van der Waals surface area contributed by atoms with E-state index in [1.807, 2.05) is 13.8 Å². The van der Waals surface area contributed by atoms with Crippen LogP contribution in [-0.4, -0.2) is 12.6 Å². The number of carbonyl (C=O) groups is 1. The Balaban J connectivity index is 2.84. The van der Waals surface area contributed by atoms with E-state index in [1.54, 1.807) is 0 Å². The van der Waals surface area contributed by atoms with Gasteiger partial charge in [-0.3, -0.25) is 0 Å². The Kier molecular flexibility index (Phi) is 4.44. The van der Waals surface area contributed by atoms with Crippen molar-refractivity contribution in [1.82, 2.24) is 0 Å². The molecule has 0 saturated heterocycles. The summed E-state index contributed by atoms with van der Waals surface area (Å²) in [6, 6.07) is 2.90. The van der Waals surface area contributed by atoms with Crippen LogP contribution < -0.4 is 5.73 Å².